The summed E-state index contributed by atoms with van der Waals surface area (Å²) in [5.41, 5.74) is -0.252. The van der Waals surface area contributed by atoms with Crippen LogP contribution in [0.2, 0.25) is 0 Å². The Morgan fingerprint density at radius 1 is 1.47 bits per heavy atom. The zero-order valence-corrected chi connectivity index (χ0v) is 11.0. The van der Waals surface area contributed by atoms with Gasteiger partial charge in [0, 0.05) is 18.1 Å². The molecule has 2 amide bonds. The first-order chi connectivity index (χ1) is 7.78. The number of aliphatic carboxylic acids is 1. The van der Waals surface area contributed by atoms with E-state index in [1.165, 1.54) is 0 Å². The predicted octanol–water partition coefficient (Wildman–Crippen LogP) is 1.68. The maximum Gasteiger partial charge on any atom is 0.318 e. The van der Waals surface area contributed by atoms with Crippen LogP contribution in [0.25, 0.3) is 0 Å². The SMILES string of the molecule is CCC(C)(C)NC(=O)N1CCC(C(=O)O)C1C. The Kier molecular flexibility index (Phi) is 4.01. The third-order valence-corrected chi connectivity index (χ3v) is 3.66. The van der Waals surface area contributed by atoms with E-state index in [9.17, 15) is 9.59 Å². The van der Waals surface area contributed by atoms with E-state index in [0.29, 0.717) is 13.0 Å². The smallest absolute Gasteiger partial charge is 0.318 e. The molecule has 1 aliphatic rings. The standard InChI is InChI=1S/C12H22N2O3/c1-5-12(3,4)13-11(17)14-7-6-9(8(14)2)10(15)16/h8-9H,5-7H2,1-4H3,(H,13,17)(H,15,16). The first kappa shape index (κ1) is 13.8. The first-order valence-corrected chi connectivity index (χ1v) is 6.10. The summed E-state index contributed by atoms with van der Waals surface area (Å²) >= 11 is 0. The van der Waals surface area contributed by atoms with E-state index in [0.717, 1.165) is 6.42 Å². The number of carbonyl (C=O) groups is 2. The molecule has 0 radical (unpaired) electrons. The van der Waals surface area contributed by atoms with Crippen LogP contribution in [-0.4, -0.2) is 40.1 Å². The van der Waals surface area contributed by atoms with Crippen LogP contribution in [0, 0.1) is 5.92 Å². The molecule has 1 rings (SSSR count). The Balaban J connectivity index is 2.64. The summed E-state index contributed by atoms with van der Waals surface area (Å²) in [4.78, 5) is 24.6. The summed E-state index contributed by atoms with van der Waals surface area (Å²) < 4.78 is 0. The molecular formula is C12H22N2O3. The van der Waals surface area contributed by atoms with Gasteiger partial charge in [0.25, 0.3) is 0 Å². The summed E-state index contributed by atoms with van der Waals surface area (Å²) in [6.45, 7) is 8.24. The zero-order chi connectivity index (χ0) is 13.2. The van der Waals surface area contributed by atoms with Crippen LogP contribution < -0.4 is 5.32 Å². The average Bonchev–Trinajstić information content (AvgIpc) is 2.59. The minimum atomic E-state index is -0.817. The Morgan fingerprint density at radius 3 is 2.47 bits per heavy atom. The highest BCUT2D eigenvalue weighted by molar-refractivity contribution is 5.78. The lowest BCUT2D eigenvalue weighted by Crippen LogP contribution is -2.51. The van der Waals surface area contributed by atoms with Gasteiger partial charge in [0.2, 0.25) is 0 Å². The molecule has 1 heterocycles. The molecule has 0 aromatic carbocycles. The molecule has 0 aromatic heterocycles. The van der Waals surface area contributed by atoms with Crippen LogP contribution in [0.5, 0.6) is 0 Å². The number of likely N-dealkylation sites (tertiary alicyclic amines) is 1. The maximum atomic E-state index is 12.0. The molecule has 0 aliphatic carbocycles. The molecule has 1 fully saturated rings. The summed E-state index contributed by atoms with van der Waals surface area (Å²) in [6, 6.07) is -0.395. The number of nitrogens with zero attached hydrogens (tertiary/aromatic N) is 1. The Hall–Kier alpha value is -1.26. The van der Waals surface area contributed by atoms with E-state index < -0.39 is 11.9 Å². The number of hydrogen-bond acceptors (Lipinski definition) is 2. The van der Waals surface area contributed by atoms with Gasteiger partial charge in [-0.1, -0.05) is 6.92 Å². The van der Waals surface area contributed by atoms with Crippen LogP contribution in [0.1, 0.15) is 40.5 Å². The molecule has 0 aromatic rings. The third kappa shape index (κ3) is 3.11. The number of amides is 2. The fourth-order valence-corrected chi connectivity index (χ4v) is 2.01. The Morgan fingerprint density at radius 2 is 2.06 bits per heavy atom. The van der Waals surface area contributed by atoms with E-state index in [1.807, 2.05) is 20.8 Å². The number of carboxylic acids is 1. The monoisotopic (exact) mass is 242 g/mol. The van der Waals surface area contributed by atoms with E-state index in [-0.39, 0.29) is 17.6 Å². The summed E-state index contributed by atoms with van der Waals surface area (Å²) in [6.07, 6.45) is 1.37. The Bertz CT molecular complexity index is 315. The number of urea groups is 1. The van der Waals surface area contributed by atoms with Crippen molar-refractivity contribution in [3.63, 3.8) is 0 Å². The largest absolute Gasteiger partial charge is 0.481 e. The van der Waals surface area contributed by atoms with Gasteiger partial charge in [-0.2, -0.15) is 0 Å². The van der Waals surface area contributed by atoms with Crippen LogP contribution in [0.15, 0.2) is 0 Å². The molecular weight excluding hydrogens is 220 g/mol. The van der Waals surface area contributed by atoms with Gasteiger partial charge in [-0.3, -0.25) is 4.79 Å². The third-order valence-electron chi connectivity index (χ3n) is 3.66. The van der Waals surface area contributed by atoms with Crippen molar-refractivity contribution in [2.45, 2.75) is 52.1 Å². The highest BCUT2D eigenvalue weighted by Crippen LogP contribution is 2.24. The fourth-order valence-electron chi connectivity index (χ4n) is 2.01. The van der Waals surface area contributed by atoms with E-state index >= 15 is 0 Å². The van der Waals surface area contributed by atoms with Crippen molar-refractivity contribution in [2.24, 2.45) is 5.92 Å². The molecule has 0 spiro atoms. The molecule has 2 N–H and O–H groups in total. The lowest BCUT2D eigenvalue weighted by Gasteiger charge is -2.30. The number of nitrogens with one attached hydrogen (secondary N) is 1. The second kappa shape index (κ2) is 4.94. The zero-order valence-electron chi connectivity index (χ0n) is 11.0. The summed E-state index contributed by atoms with van der Waals surface area (Å²) in [5.74, 6) is -1.26. The van der Waals surface area contributed by atoms with Crippen molar-refractivity contribution in [1.29, 1.82) is 0 Å². The molecule has 2 unspecified atom stereocenters. The lowest BCUT2D eigenvalue weighted by molar-refractivity contribution is -0.142. The molecule has 1 aliphatic heterocycles. The topological polar surface area (TPSA) is 69.6 Å². The van der Waals surface area contributed by atoms with Gasteiger partial charge in [-0.15, -0.1) is 0 Å². The highest BCUT2D eigenvalue weighted by atomic mass is 16.4. The first-order valence-electron chi connectivity index (χ1n) is 6.10. The van der Waals surface area contributed by atoms with Crippen LogP contribution in [0.4, 0.5) is 4.79 Å². The van der Waals surface area contributed by atoms with Gasteiger partial charge < -0.3 is 15.3 Å². The number of rotatable bonds is 3. The van der Waals surface area contributed by atoms with E-state index in [4.69, 9.17) is 5.11 Å². The van der Waals surface area contributed by atoms with Crippen molar-refractivity contribution in [2.75, 3.05) is 6.54 Å². The minimum Gasteiger partial charge on any atom is -0.481 e. The van der Waals surface area contributed by atoms with Gasteiger partial charge in [0.1, 0.15) is 0 Å². The normalized spacial score (nSPS) is 24.8. The van der Waals surface area contributed by atoms with Crippen LogP contribution >= 0.6 is 0 Å². The van der Waals surface area contributed by atoms with Crippen molar-refractivity contribution in [1.82, 2.24) is 10.2 Å². The molecule has 5 nitrogen and oxygen atoms in total. The fraction of sp³-hybridized carbons (Fsp3) is 0.833. The minimum absolute atomic E-state index is 0.159. The van der Waals surface area contributed by atoms with Gasteiger partial charge in [0.05, 0.1) is 5.92 Å². The second-order valence-corrected chi connectivity index (χ2v) is 5.33. The van der Waals surface area contributed by atoms with Crippen molar-refractivity contribution in [3.05, 3.63) is 0 Å². The second-order valence-electron chi connectivity index (χ2n) is 5.33. The van der Waals surface area contributed by atoms with Crippen LogP contribution in [-0.2, 0) is 4.79 Å². The molecule has 2 atom stereocenters. The van der Waals surface area contributed by atoms with E-state index in [1.54, 1.807) is 11.8 Å². The molecule has 98 valence electrons. The van der Waals surface area contributed by atoms with Gasteiger partial charge in [-0.25, -0.2) is 4.79 Å². The maximum absolute atomic E-state index is 12.0. The summed E-state index contributed by atoms with van der Waals surface area (Å²) in [5, 5.41) is 11.9. The number of carbonyl (C=O) groups excluding carboxylic acids is 1. The van der Waals surface area contributed by atoms with Crippen LogP contribution in [0.3, 0.4) is 0 Å². The highest BCUT2D eigenvalue weighted by Gasteiger charge is 2.38. The average molecular weight is 242 g/mol. The molecule has 17 heavy (non-hydrogen) atoms. The lowest BCUT2D eigenvalue weighted by atomic mass is 10.0. The van der Waals surface area contributed by atoms with E-state index in [2.05, 4.69) is 5.32 Å². The molecule has 0 bridgehead atoms. The van der Waals surface area contributed by atoms with Gasteiger partial charge >= 0.3 is 12.0 Å². The molecule has 0 saturated carbocycles. The predicted molar refractivity (Wildman–Crippen MR) is 64.8 cm³/mol. The van der Waals surface area contributed by atoms with Crippen molar-refractivity contribution < 1.29 is 14.7 Å². The quantitative estimate of drug-likeness (QED) is 0.791. The van der Waals surface area contributed by atoms with Gasteiger partial charge in [-0.05, 0) is 33.6 Å². The van der Waals surface area contributed by atoms with Gasteiger partial charge in [0.15, 0.2) is 0 Å². The number of hydrogen-bond donors (Lipinski definition) is 2. The number of carboxylic acid groups (broad SMARTS) is 1. The van der Waals surface area contributed by atoms with Crippen molar-refractivity contribution in [3.8, 4) is 0 Å². The summed E-state index contributed by atoms with van der Waals surface area (Å²) in [7, 11) is 0. The molecule has 5 heteroatoms. The molecule has 1 saturated heterocycles. The Labute approximate surface area is 102 Å². The van der Waals surface area contributed by atoms with Crippen molar-refractivity contribution >= 4 is 12.0 Å².